The van der Waals surface area contributed by atoms with Crippen LogP contribution in [0.2, 0.25) is 0 Å². The number of amides is 2. The molecule has 2 N–H and O–H groups in total. The Bertz CT molecular complexity index is 981. The van der Waals surface area contributed by atoms with Gasteiger partial charge in [0.05, 0.1) is 5.25 Å². The maximum absolute atomic E-state index is 12.1. The van der Waals surface area contributed by atoms with Gasteiger partial charge in [0.25, 0.3) is 0 Å². The zero-order valence-corrected chi connectivity index (χ0v) is 15.0. The number of hydrogen-bond acceptors (Lipinski definition) is 6. The highest BCUT2D eigenvalue weighted by Crippen LogP contribution is 2.26. The van der Waals surface area contributed by atoms with Crippen molar-refractivity contribution in [3.8, 4) is 11.5 Å². The summed E-state index contributed by atoms with van der Waals surface area (Å²) in [5.41, 5.74) is 2.98. The fourth-order valence-corrected chi connectivity index (χ4v) is 3.87. The third-order valence-corrected chi connectivity index (χ3v) is 5.22. The molecule has 2 amide bonds. The van der Waals surface area contributed by atoms with Gasteiger partial charge in [-0.3, -0.25) is 9.59 Å². The maximum atomic E-state index is 12.1. The summed E-state index contributed by atoms with van der Waals surface area (Å²) in [4.78, 5) is 28.2. The van der Waals surface area contributed by atoms with Crippen LogP contribution in [-0.4, -0.2) is 26.4 Å². The molecule has 8 heteroatoms. The van der Waals surface area contributed by atoms with Crippen molar-refractivity contribution in [3.05, 3.63) is 48.5 Å². The lowest BCUT2D eigenvalue weighted by atomic mass is 10.2. The SMILES string of the molecule is O=C(C[C@H]1SC(=S)NC1=O)Nc1ccc(-c2nc3ccccc3o2)cc1. The molecule has 1 aliphatic heterocycles. The van der Waals surface area contributed by atoms with Crippen molar-refractivity contribution < 1.29 is 14.0 Å². The molecule has 1 fully saturated rings. The van der Waals surface area contributed by atoms with Crippen molar-refractivity contribution >= 4 is 56.9 Å². The zero-order valence-electron chi connectivity index (χ0n) is 13.4. The Labute approximate surface area is 158 Å². The number of rotatable bonds is 4. The van der Waals surface area contributed by atoms with E-state index >= 15 is 0 Å². The zero-order chi connectivity index (χ0) is 18.1. The van der Waals surface area contributed by atoms with E-state index in [-0.39, 0.29) is 18.2 Å². The summed E-state index contributed by atoms with van der Waals surface area (Å²) in [6.07, 6.45) is 0.0729. The first kappa shape index (κ1) is 16.7. The fourth-order valence-electron chi connectivity index (χ4n) is 2.60. The highest BCUT2D eigenvalue weighted by Gasteiger charge is 2.30. The number of thiocarbonyl (C=S) groups is 1. The Morgan fingerprint density at radius 3 is 2.69 bits per heavy atom. The lowest BCUT2D eigenvalue weighted by Gasteiger charge is -2.07. The topological polar surface area (TPSA) is 84.2 Å². The highest BCUT2D eigenvalue weighted by molar-refractivity contribution is 8.24. The van der Waals surface area contributed by atoms with Crippen molar-refractivity contribution in [2.24, 2.45) is 0 Å². The van der Waals surface area contributed by atoms with Crippen LogP contribution in [0, 0.1) is 0 Å². The van der Waals surface area contributed by atoms with E-state index in [1.165, 1.54) is 11.8 Å². The van der Waals surface area contributed by atoms with Gasteiger partial charge < -0.3 is 15.1 Å². The highest BCUT2D eigenvalue weighted by atomic mass is 32.2. The van der Waals surface area contributed by atoms with Crippen molar-refractivity contribution in [1.82, 2.24) is 10.3 Å². The molecule has 2 aromatic carbocycles. The molecule has 1 aromatic heterocycles. The van der Waals surface area contributed by atoms with Crippen LogP contribution in [0.25, 0.3) is 22.6 Å². The summed E-state index contributed by atoms with van der Waals surface area (Å²) in [5, 5.41) is 4.84. The number of hydrogen-bond donors (Lipinski definition) is 2. The van der Waals surface area contributed by atoms with E-state index in [9.17, 15) is 9.59 Å². The second kappa shape index (κ2) is 6.89. The summed E-state index contributed by atoms with van der Waals surface area (Å²) in [5.74, 6) is 0.0648. The molecule has 6 nitrogen and oxygen atoms in total. The molecule has 1 saturated heterocycles. The molecule has 130 valence electrons. The molecule has 4 rings (SSSR count). The third-order valence-electron chi connectivity index (χ3n) is 3.85. The second-order valence-corrected chi connectivity index (χ2v) is 7.58. The number of anilines is 1. The van der Waals surface area contributed by atoms with E-state index < -0.39 is 5.25 Å². The third kappa shape index (κ3) is 3.47. The van der Waals surface area contributed by atoms with Gasteiger partial charge in [0.15, 0.2) is 5.58 Å². The number of fused-ring (bicyclic) bond motifs is 1. The number of oxazole rings is 1. The minimum Gasteiger partial charge on any atom is -0.436 e. The summed E-state index contributed by atoms with van der Waals surface area (Å²) in [6, 6.07) is 14.7. The predicted molar refractivity (Wildman–Crippen MR) is 105 cm³/mol. The van der Waals surface area contributed by atoms with Gasteiger partial charge in [-0.15, -0.1) is 0 Å². The first-order valence-electron chi connectivity index (χ1n) is 7.86. The average Bonchev–Trinajstić information content (AvgIpc) is 3.18. The maximum Gasteiger partial charge on any atom is 0.239 e. The number of benzene rings is 2. The standard InChI is InChI=1S/C18H13N3O3S2/c22-15(9-14-16(23)21-18(25)26-14)19-11-7-5-10(6-8-11)17-20-12-3-1-2-4-13(12)24-17/h1-8,14H,9H2,(H,19,22)(H,21,23,25)/t14-/m1/s1. The van der Waals surface area contributed by atoms with E-state index in [1.807, 2.05) is 36.4 Å². The van der Waals surface area contributed by atoms with Gasteiger partial charge in [-0.1, -0.05) is 36.1 Å². The molecule has 1 aliphatic rings. The van der Waals surface area contributed by atoms with Crippen LogP contribution in [0.3, 0.4) is 0 Å². The number of para-hydroxylation sites is 2. The van der Waals surface area contributed by atoms with E-state index in [2.05, 4.69) is 15.6 Å². The molecular formula is C18H13N3O3S2. The number of carbonyl (C=O) groups is 2. The minimum absolute atomic E-state index is 0.0729. The molecule has 0 spiro atoms. The van der Waals surface area contributed by atoms with E-state index in [1.54, 1.807) is 12.1 Å². The van der Waals surface area contributed by atoms with Gasteiger partial charge in [-0.2, -0.15) is 0 Å². The molecule has 2 heterocycles. The predicted octanol–water partition coefficient (Wildman–Crippen LogP) is 3.34. The number of nitrogens with zero attached hydrogens (tertiary/aromatic N) is 1. The first-order valence-corrected chi connectivity index (χ1v) is 9.14. The smallest absolute Gasteiger partial charge is 0.239 e. The second-order valence-electron chi connectivity index (χ2n) is 5.70. The van der Waals surface area contributed by atoms with Crippen molar-refractivity contribution in [3.63, 3.8) is 0 Å². The fraction of sp³-hybridized carbons (Fsp3) is 0.111. The summed E-state index contributed by atoms with van der Waals surface area (Å²) < 4.78 is 6.14. The monoisotopic (exact) mass is 383 g/mol. The van der Waals surface area contributed by atoms with Crippen LogP contribution in [0.4, 0.5) is 5.69 Å². The lowest BCUT2D eigenvalue weighted by molar-refractivity contribution is -0.122. The van der Waals surface area contributed by atoms with Gasteiger partial charge in [0, 0.05) is 17.7 Å². The molecule has 1 atom stereocenters. The van der Waals surface area contributed by atoms with Gasteiger partial charge in [0.1, 0.15) is 9.84 Å². The van der Waals surface area contributed by atoms with E-state index in [4.69, 9.17) is 16.6 Å². The molecule has 0 saturated carbocycles. The molecule has 0 radical (unpaired) electrons. The van der Waals surface area contributed by atoms with Gasteiger partial charge in [-0.05, 0) is 36.4 Å². The Hall–Kier alpha value is -2.71. The molecule has 0 aliphatic carbocycles. The minimum atomic E-state index is -0.471. The number of thioether (sulfide) groups is 1. The Morgan fingerprint density at radius 1 is 1.23 bits per heavy atom. The van der Waals surface area contributed by atoms with Gasteiger partial charge in [-0.25, -0.2) is 4.98 Å². The summed E-state index contributed by atoms with van der Waals surface area (Å²) in [6.45, 7) is 0. The van der Waals surface area contributed by atoms with E-state index in [0.717, 1.165) is 16.7 Å². The molecule has 26 heavy (non-hydrogen) atoms. The first-order chi connectivity index (χ1) is 12.6. The van der Waals surface area contributed by atoms with Gasteiger partial charge in [0.2, 0.25) is 17.7 Å². The molecule has 0 unspecified atom stereocenters. The van der Waals surface area contributed by atoms with Crippen molar-refractivity contribution in [2.75, 3.05) is 5.32 Å². The summed E-state index contributed by atoms with van der Waals surface area (Å²) >= 11 is 6.13. The van der Waals surface area contributed by atoms with Crippen LogP contribution in [0.5, 0.6) is 0 Å². The lowest BCUT2D eigenvalue weighted by Crippen LogP contribution is -2.27. The average molecular weight is 383 g/mol. The van der Waals surface area contributed by atoms with Crippen LogP contribution in [-0.2, 0) is 9.59 Å². The van der Waals surface area contributed by atoms with Crippen LogP contribution in [0.1, 0.15) is 6.42 Å². The number of nitrogens with one attached hydrogen (secondary N) is 2. The van der Waals surface area contributed by atoms with Gasteiger partial charge >= 0.3 is 0 Å². The van der Waals surface area contributed by atoms with Crippen LogP contribution in [0.15, 0.2) is 52.9 Å². The molecule has 0 bridgehead atoms. The van der Waals surface area contributed by atoms with E-state index in [0.29, 0.717) is 15.9 Å². The van der Waals surface area contributed by atoms with Crippen molar-refractivity contribution in [2.45, 2.75) is 11.7 Å². The van der Waals surface area contributed by atoms with Crippen molar-refractivity contribution in [1.29, 1.82) is 0 Å². The van der Waals surface area contributed by atoms with Crippen LogP contribution >= 0.6 is 24.0 Å². The van der Waals surface area contributed by atoms with Crippen LogP contribution < -0.4 is 10.6 Å². The quantitative estimate of drug-likeness (QED) is 0.672. The largest absolute Gasteiger partial charge is 0.436 e. The molecule has 3 aromatic rings. The number of aromatic nitrogens is 1. The number of carbonyl (C=O) groups excluding carboxylic acids is 2. The summed E-state index contributed by atoms with van der Waals surface area (Å²) in [7, 11) is 0. The Kier molecular flexibility index (Phi) is 4.44. The molecular weight excluding hydrogens is 370 g/mol. The Morgan fingerprint density at radius 2 is 2.00 bits per heavy atom. The Balaban J connectivity index is 1.43. The normalized spacial score (nSPS) is 16.7.